The molecule has 11 heavy (non-hydrogen) atoms. The molecule has 0 amide bonds. The van der Waals surface area contributed by atoms with E-state index in [0.717, 1.165) is 0 Å². The van der Waals surface area contributed by atoms with Gasteiger partial charge in [-0.3, -0.25) is 0 Å². The summed E-state index contributed by atoms with van der Waals surface area (Å²) in [5.41, 5.74) is 0.710. The fraction of sp³-hybridized carbons (Fsp3) is 0.143. The lowest BCUT2D eigenvalue weighted by Gasteiger charge is -2.11. The minimum atomic E-state index is -0.171. The van der Waals surface area contributed by atoms with Crippen molar-refractivity contribution < 1.29 is 14.1 Å². The van der Waals surface area contributed by atoms with Crippen LogP contribution in [0.25, 0.3) is 0 Å². The fourth-order valence-electron chi connectivity index (χ4n) is 0.823. The zero-order chi connectivity index (χ0) is 7.52. The molecule has 1 aromatic rings. The molecule has 0 saturated heterocycles. The molecule has 1 atom stereocenters. The summed E-state index contributed by atoms with van der Waals surface area (Å²) in [6.07, 6.45) is 8.71. The molecule has 1 aromatic heterocycles. The van der Waals surface area contributed by atoms with Crippen molar-refractivity contribution in [1.82, 2.24) is 4.98 Å². The smallest absolute Gasteiger partial charge is 0.201 e. The average Bonchev–Trinajstić information content (AvgIpc) is 2.58. The maximum atomic E-state index is 5.18. The monoisotopic (exact) mass is 150 g/mol. The molecule has 0 aliphatic carbocycles. The molecule has 2 rings (SSSR count). The van der Waals surface area contributed by atoms with Crippen molar-refractivity contribution in [3.8, 4) is 0 Å². The van der Waals surface area contributed by atoms with Gasteiger partial charge >= 0.3 is 0 Å². The maximum absolute atomic E-state index is 5.18. The third-order valence-corrected chi connectivity index (χ3v) is 1.34. The van der Waals surface area contributed by atoms with Crippen LogP contribution in [0.5, 0.6) is 0 Å². The van der Waals surface area contributed by atoms with Crippen molar-refractivity contribution in [2.45, 2.75) is 6.10 Å². The lowest BCUT2D eigenvalue weighted by atomic mass is 10.3. The normalized spacial score (nSPS) is 21.6. The minimum Gasteiger partial charge on any atom is -0.581 e. The Morgan fingerprint density at radius 2 is 2.64 bits per heavy atom. The molecule has 0 aromatic carbocycles. The summed E-state index contributed by atoms with van der Waals surface area (Å²) in [5, 5.41) is 0. The van der Waals surface area contributed by atoms with Crippen LogP contribution in [0, 0.1) is 6.39 Å². The van der Waals surface area contributed by atoms with Gasteiger partial charge in [0.15, 0.2) is 12.3 Å². The van der Waals surface area contributed by atoms with Crippen molar-refractivity contribution in [3.05, 3.63) is 30.8 Å². The van der Waals surface area contributed by atoms with Crippen LogP contribution in [0.4, 0.5) is 0 Å². The second-order valence-electron chi connectivity index (χ2n) is 2.06. The number of nitrogens with zero attached hydrogens (tertiary/aromatic N) is 1. The molecule has 4 heteroatoms. The van der Waals surface area contributed by atoms with E-state index in [1.165, 1.54) is 6.26 Å². The predicted molar refractivity (Wildman–Crippen MR) is 35.3 cm³/mol. The van der Waals surface area contributed by atoms with Gasteiger partial charge in [-0.2, -0.15) is 0 Å². The van der Waals surface area contributed by atoms with Crippen LogP contribution >= 0.6 is 0 Å². The van der Waals surface area contributed by atoms with Crippen LogP contribution in [0.15, 0.2) is 23.1 Å². The van der Waals surface area contributed by atoms with Gasteiger partial charge in [0.1, 0.15) is 12.7 Å². The third-order valence-electron chi connectivity index (χ3n) is 1.34. The SMILES string of the molecule is [c-]1nc(C2C=[NH+]C=CO2)co1. The number of aromatic nitrogens is 1. The van der Waals surface area contributed by atoms with Gasteiger partial charge in [0.05, 0.1) is 0 Å². The van der Waals surface area contributed by atoms with Crippen molar-refractivity contribution in [2.75, 3.05) is 0 Å². The van der Waals surface area contributed by atoms with E-state index in [0.29, 0.717) is 5.69 Å². The van der Waals surface area contributed by atoms with Crippen molar-refractivity contribution in [3.63, 3.8) is 0 Å². The number of hydrogen-bond acceptors (Lipinski definition) is 3. The molecule has 1 aliphatic rings. The number of oxazole rings is 1. The van der Waals surface area contributed by atoms with Crippen LogP contribution in [-0.2, 0) is 4.74 Å². The van der Waals surface area contributed by atoms with Crippen LogP contribution in [0.1, 0.15) is 11.8 Å². The first-order chi connectivity index (χ1) is 5.47. The van der Waals surface area contributed by atoms with E-state index in [1.54, 1.807) is 18.7 Å². The molecule has 0 saturated carbocycles. The van der Waals surface area contributed by atoms with Gasteiger partial charge in [-0.25, -0.2) is 4.99 Å². The quantitative estimate of drug-likeness (QED) is 0.531. The van der Waals surface area contributed by atoms with E-state index < -0.39 is 0 Å². The number of nitrogens with one attached hydrogen (secondary N) is 1. The molecule has 0 spiro atoms. The molecule has 0 radical (unpaired) electrons. The van der Waals surface area contributed by atoms with Crippen LogP contribution in [-0.4, -0.2) is 11.2 Å². The molecule has 4 nitrogen and oxygen atoms in total. The Labute approximate surface area is 63.2 Å². The highest BCUT2D eigenvalue weighted by Crippen LogP contribution is 2.11. The van der Waals surface area contributed by atoms with Crippen molar-refractivity contribution >= 4 is 6.21 Å². The fourth-order valence-corrected chi connectivity index (χ4v) is 0.823. The highest BCUT2D eigenvalue weighted by molar-refractivity contribution is 5.59. The van der Waals surface area contributed by atoms with E-state index in [9.17, 15) is 0 Å². The second-order valence-corrected chi connectivity index (χ2v) is 2.06. The number of hydrogen-bond donors (Lipinski definition) is 1. The Kier molecular flexibility index (Phi) is 1.44. The van der Waals surface area contributed by atoms with Gasteiger partial charge in [0.2, 0.25) is 6.20 Å². The van der Waals surface area contributed by atoms with Gasteiger partial charge in [-0.05, 0) is 12.0 Å². The largest absolute Gasteiger partial charge is 0.581 e. The first-order valence-corrected chi connectivity index (χ1v) is 3.18. The van der Waals surface area contributed by atoms with Gasteiger partial charge in [0.25, 0.3) is 0 Å². The summed E-state index contributed by atoms with van der Waals surface area (Å²) >= 11 is 0. The van der Waals surface area contributed by atoms with Gasteiger partial charge in [-0.15, -0.1) is 0 Å². The summed E-state index contributed by atoms with van der Waals surface area (Å²) in [6.45, 7) is 0. The molecule has 1 aliphatic heterocycles. The molecular formula is C7H6N2O2. The summed E-state index contributed by atoms with van der Waals surface area (Å²) in [7, 11) is 0. The first kappa shape index (κ1) is 6.15. The maximum Gasteiger partial charge on any atom is 0.201 e. The molecular weight excluding hydrogens is 144 g/mol. The summed E-state index contributed by atoms with van der Waals surface area (Å²) in [5.74, 6) is 0. The predicted octanol–water partition coefficient (Wildman–Crippen LogP) is -0.831. The molecule has 0 fully saturated rings. The van der Waals surface area contributed by atoms with E-state index in [4.69, 9.17) is 4.74 Å². The Hall–Kier alpha value is -1.58. The van der Waals surface area contributed by atoms with E-state index >= 15 is 0 Å². The Bertz CT molecular complexity index is 277. The van der Waals surface area contributed by atoms with Crippen LogP contribution < -0.4 is 4.99 Å². The van der Waals surface area contributed by atoms with Gasteiger partial charge in [0, 0.05) is 0 Å². The summed E-state index contributed by atoms with van der Waals surface area (Å²) in [6, 6.07) is 0. The first-order valence-electron chi connectivity index (χ1n) is 3.18. The lowest BCUT2D eigenvalue weighted by molar-refractivity contribution is -0.378. The number of ether oxygens (including phenoxy) is 1. The standard InChI is InChI=1S/C7H5N2O2/c1-2-11-7(3-8-1)6-4-10-5-9-6/h1-4,7H/q-1/p+1. The third kappa shape index (κ3) is 1.14. The summed E-state index contributed by atoms with van der Waals surface area (Å²) < 4.78 is 9.86. The molecule has 56 valence electrons. The summed E-state index contributed by atoms with van der Waals surface area (Å²) in [4.78, 5) is 6.72. The topological polar surface area (TPSA) is 49.2 Å². The highest BCUT2D eigenvalue weighted by atomic mass is 16.5. The Morgan fingerprint density at radius 3 is 3.27 bits per heavy atom. The van der Waals surface area contributed by atoms with Crippen molar-refractivity contribution in [2.24, 2.45) is 0 Å². The zero-order valence-corrected chi connectivity index (χ0v) is 5.65. The van der Waals surface area contributed by atoms with Crippen molar-refractivity contribution in [1.29, 1.82) is 0 Å². The van der Waals surface area contributed by atoms with E-state index in [2.05, 4.69) is 20.8 Å². The van der Waals surface area contributed by atoms with Crippen LogP contribution in [0.3, 0.4) is 0 Å². The number of rotatable bonds is 1. The minimum absolute atomic E-state index is 0.171. The van der Waals surface area contributed by atoms with E-state index in [1.807, 2.05) is 0 Å². The lowest BCUT2D eigenvalue weighted by Crippen LogP contribution is -2.63. The Balaban J connectivity index is 2.19. The van der Waals surface area contributed by atoms with Gasteiger partial charge in [-0.1, -0.05) is 0 Å². The highest BCUT2D eigenvalue weighted by Gasteiger charge is 2.09. The molecule has 1 unspecified atom stereocenters. The Morgan fingerprint density at radius 1 is 1.64 bits per heavy atom. The second kappa shape index (κ2) is 2.57. The van der Waals surface area contributed by atoms with Gasteiger partial charge < -0.3 is 14.1 Å². The molecule has 2 heterocycles. The molecule has 0 bridgehead atoms. The average molecular weight is 150 g/mol. The molecule has 1 N–H and O–H groups in total. The van der Waals surface area contributed by atoms with Crippen LogP contribution in [0.2, 0.25) is 0 Å². The zero-order valence-electron chi connectivity index (χ0n) is 5.65. The van der Waals surface area contributed by atoms with E-state index in [-0.39, 0.29) is 6.10 Å².